The second-order valence-electron chi connectivity index (χ2n) is 4.33. The number of rotatable bonds is 5. The van der Waals surface area contributed by atoms with Crippen molar-refractivity contribution in [3.8, 4) is 5.75 Å². The Balaban J connectivity index is 1.77. The van der Waals surface area contributed by atoms with E-state index >= 15 is 0 Å². The molecule has 0 aliphatic carbocycles. The van der Waals surface area contributed by atoms with Gasteiger partial charge in [-0.25, -0.2) is 0 Å². The first-order valence-corrected chi connectivity index (χ1v) is 6.13. The molecule has 0 unspecified atom stereocenters. The van der Waals surface area contributed by atoms with Gasteiger partial charge in [0.15, 0.2) is 0 Å². The van der Waals surface area contributed by atoms with Crippen molar-refractivity contribution in [2.45, 2.75) is 19.8 Å². The minimum absolute atomic E-state index is 0.714. The third-order valence-electron chi connectivity index (χ3n) is 2.87. The normalized spacial score (nSPS) is 10.3. The molecule has 2 N–H and O–H groups in total. The number of pyridine rings is 1. The molecule has 0 bridgehead atoms. The summed E-state index contributed by atoms with van der Waals surface area (Å²) in [6.07, 6.45) is 5.64. The predicted octanol–water partition coefficient (Wildman–Crippen LogP) is 2.98. The van der Waals surface area contributed by atoms with Crippen LogP contribution >= 0.6 is 0 Å². The van der Waals surface area contributed by atoms with Gasteiger partial charge in [0.05, 0.1) is 6.61 Å². The molecule has 2 aromatic rings. The summed E-state index contributed by atoms with van der Waals surface area (Å²) in [6.45, 7) is 2.70. The van der Waals surface area contributed by atoms with Crippen LogP contribution in [0.25, 0.3) is 0 Å². The fourth-order valence-electron chi connectivity index (χ4n) is 1.75. The van der Waals surface area contributed by atoms with Gasteiger partial charge in [-0.15, -0.1) is 0 Å². The first kappa shape index (κ1) is 12.4. The van der Waals surface area contributed by atoms with Crippen molar-refractivity contribution in [3.63, 3.8) is 0 Å². The van der Waals surface area contributed by atoms with E-state index in [1.807, 2.05) is 49.6 Å². The largest absolute Gasteiger partial charge is 0.494 e. The van der Waals surface area contributed by atoms with Crippen LogP contribution in [0, 0.1) is 6.92 Å². The minimum atomic E-state index is 0.714. The van der Waals surface area contributed by atoms with Crippen molar-refractivity contribution in [1.29, 1.82) is 0 Å². The highest BCUT2D eigenvalue weighted by atomic mass is 16.5. The van der Waals surface area contributed by atoms with Crippen LogP contribution in [-0.4, -0.2) is 11.6 Å². The van der Waals surface area contributed by atoms with Gasteiger partial charge in [-0.3, -0.25) is 4.98 Å². The number of nitrogens with zero attached hydrogens (tertiary/aromatic N) is 1. The second-order valence-corrected chi connectivity index (χ2v) is 4.33. The quantitative estimate of drug-likeness (QED) is 0.647. The number of hydrogen-bond acceptors (Lipinski definition) is 3. The molecular formula is C15H18N2O. The molecule has 0 aliphatic heterocycles. The molecule has 0 aliphatic rings. The summed E-state index contributed by atoms with van der Waals surface area (Å²) >= 11 is 0. The predicted molar refractivity (Wildman–Crippen MR) is 73.6 cm³/mol. The molecule has 1 aromatic carbocycles. The average Bonchev–Trinajstić information content (AvgIpc) is 2.40. The molecule has 94 valence electrons. The SMILES string of the molecule is Cc1cc(OCCCc2ccncc2)ccc1N. The van der Waals surface area contributed by atoms with Crippen molar-refractivity contribution in [1.82, 2.24) is 4.98 Å². The van der Waals surface area contributed by atoms with Crippen LogP contribution < -0.4 is 10.5 Å². The summed E-state index contributed by atoms with van der Waals surface area (Å²) in [7, 11) is 0. The van der Waals surface area contributed by atoms with Gasteiger partial charge in [-0.05, 0) is 61.2 Å². The average molecular weight is 242 g/mol. The fraction of sp³-hybridized carbons (Fsp3) is 0.267. The number of nitrogen functional groups attached to an aromatic ring is 1. The molecular weight excluding hydrogens is 224 g/mol. The van der Waals surface area contributed by atoms with Crippen molar-refractivity contribution < 1.29 is 4.74 Å². The number of benzene rings is 1. The highest BCUT2D eigenvalue weighted by Crippen LogP contribution is 2.18. The van der Waals surface area contributed by atoms with E-state index in [1.54, 1.807) is 0 Å². The van der Waals surface area contributed by atoms with Gasteiger partial charge >= 0.3 is 0 Å². The minimum Gasteiger partial charge on any atom is -0.494 e. The van der Waals surface area contributed by atoms with Crippen LogP contribution in [-0.2, 0) is 6.42 Å². The van der Waals surface area contributed by atoms with Crippen LogP contribution in [0.4, 0.5) is 5.69 Å². The van der Waals surface area contributed by atoms with Gasteiger partial charge in [0.1, 0.15) is 5.75 Å². The molecule has 0 saturated carbocycles. The fourth-order valence-corrected chi connectivity index (χ4v) is 1.75. The summed E-state index contributed by atoms with van der Waals surface area (Å²) in [4.78, 5) is 4.00. The standard InChI is InChI=1S/C15H18N2O/c1-12-11-14(4-5-15(12)16)18-10-2-3-13-6-8-17-9-7-13/h4-9,11H,2-3,10,16H2,1H3. The van der Waals surface area contributed by atoms with E-state index in [0.717, 1.165) is 29.8 Å². The molecule has 0 radical (unpaired) electrons. The van der Waals surface area contributed by atoms with Gasteiger partial charge in [0.25, 0.3) is 0 Å². The second kappa shape index (κ2) is 6.05. The lowest BCUT2D eigenvalue weighted by Gasteiger charge is -2.08. The maximum absolute atomic E-state index is 5.76. The first-order chi connectivity index (χ1) is 8.75. The lowest BCUT2D eigenvalue weighted by Crippen LogP contribution is -2.00. The Morgan fingerprint density at radius 3 is 2.67 bits per heavy atom. The molecule has 0 amide bonds. The van der Waals surface area contributed by atoms with Crippen molar-refractivity contribution in [2.75, 3.05) is 12.3 Å². The van der Waals surface area contributed by atoms with Crippen LogP contribution in [0.2, 0.25) is 0 Å². The lowest BCUT2D eigenvalue weighted by molar-refractivity contribution is 0.311. The van der Waals surface area contributed by atoms with Gasteiger partial charge in [0.2, 0.25) is 0 Å². The summed E-state index contributed by atoms with van der Waals surface area (Å²) < 4.78 is 5.69. The van der Waals surface area contributed by atoms with E-state index in [-0.39, 0.29) is 0 Å². The summed E-state index contributed by atoms with van der Waals surface area (Å²) in [5.74, 6) is 0.886. The molecule has 18 heavy (non-hydrogen) atoms. The highest BCUT2D eigenvalue weighted by Gasteiger charge is 1.98. The Morgan fingerprint density at radius 2 is 1.94 bits per heavy atom. The lowest BCUT2D eigenvalue weighted by atomic mass is 10.1. The van der Waals surface area contributed by atoms with Crippen molar-refractivity contribution in [3.05, 3.63) is 53.9 Å². The molecule has 1 aromatic heterocycles. The number of aromatic nitrogens is 1. The molecule has 3 heteroatoms. The van der Waals surface area contributed by atoms with E-state index in [1.165, 1.54) is 5.56 Å². The van der Waals surface area contributed by atoms with Gasteiger partial charge in [-0.2, -0.15) is 0 Å². The van der Waals surface area contributed by atoms with Gasteiger partial charge in [0, 0.05) is 18.1 Å². The Bertz CT molecular complexity index is 497. The van der Waals surface area contributed by atoms with Gasteiger partial charge in [-0.1, -0.05) is 0 Å². The zero-order valence-corrected chi connectivity index (χ0v) is 10.6. The molecule has 0 spiro atoms. The summed E-state index contributed by atoms with van der Waals surface area (Å²) in [5.41, 5.74) is 8.91. The Labute approximate surface area is 108 Å². The topological polar surface area (TPSA) is 48.1 Å². The molecule has 0 fully saturated rings. The van der Waals surface area contributed by atoms with E-state index in [4.69, 9.17) is 10.5 Å². The van der Waals surface area contributed by atoms with E-state index in [2.05, 4.69) is 4.98 Å². The van der Waals surface area contributed by atoms with Crippen LogP contribution in [0.15, 0.2) is 42.7 Å². The summed E-state index contributed by atoms with van der Waals surface area (Å²) in [5, 5.41) is 0. The highest BCUT2D eigenvalue weighted by molar-refractivity contribution is 5.49. The van der Waals surface area contributed by atoms with Crippen molar-refractivity contribution >= 4 is 5.69 Å². The van der Waals surface area contributed by atoms with Crippen LogP contribution in [0.3, 0.4) is 0 Å². The Hall–Kier alpha value is -2.03. The van der Waals surface area contributed by atoms with E-state index in [0.29, 0.717) is 6.61 Å². The maximum atomic E-state index is 5.76. The zero-order valence-electron chi connectivity index (χ0n) is 10.6. The number of anilines is 1. The third kappa shape index (κ3) is 3.48. The Morgan fingerprint density at radius 1 is 1.17 bits per heavy atom. The van der Waals surface area contributed by atoms with Crippen molar-refractivity contribution in [2.24, 2.45) is 0 Å². The Kier molecular flexibility index (Phi) is 4.18. The van der Waals surface area contributed by atoms with E-state index < -0.39 is 0 Å². The number of hydrogen-bond donors (Lipinski definition) is 1. The monoisotopic (exact) mass is 242 g/mol. The molecule has 0 saturated heterocycles. The number of nitrogens with two attached hydrogens (primary N) is 1. The van der Waals surface area contributed by atoms with E-state index in [9.17, 15) is 0 Å². The first-order valence-electron chi connectivity index (χ1n) is 6.13. The molecule has 3 nitrogen and oxygen atoms in total. The maximum Gasteiger partial charge on any atom is 0.119 e. The smallest absolute Gasteiger partial charge is 0.119 e. The zero-order chi connectivity index (χ0) is 12.8. The number of ether oxygens (including phenoxy) is 1. The van der Waals surface area contributed by atoms with Crippen LogP contribution in [0.1, 0.15) is 17.5 Å². The molecule has 0 atom stereocenters. The third-order valence-corrected chi connectivity index (χ3v) is 2.87. The molecule has 2 rings (SSSR count). The summed E-state index contributed by atoms with van der Waals surface area (Å²) in [6, 6.07) is 9.84. The van der Waals surface area contributed by atoms with Gasteiger partial charge < -0.3 is 10.5 Å². The molecule has 1 heterocycles. The van der Waals surface area contributed by atoms with Crippen LogP contribution in [0.5, 0.6) is 5.75 Å². The number of aryl methyl sites for hydroxylation is 2.